The van der Waals surface area contributed by atoms with Crippen LogP contribution in [0.2, 0.25) is 0 Å². The lowest BCUT2D eigenvalue weighted by atomic mass is 9.76. The normalized spacial score (nSPS) is 11.9. The number of hydrogen-bond donors (Lipinski definition) is 1. The topological polar surface area (TPSA) is 51.2 Å². The van der Waals surface area contributed by atoms with E-state index in [0.29, 0.717) is 11.4 Å². The summed E-state index contributed by atoms with van der Waals surface area (Å²) in [5, 5.41) is 2.72. The number of halogens is 2. The van der Waals surface area contributed by atoms with Crippen molar-refractivity contribution in [2.75, 3.05) is 5.32 Å². The predicted octanol–water partition coefficient (Wildman–Crippen LogP) is 4.81. The van der Waals surface area contributed by atoms with Crippen LogP contribution in [0.15, 0.2) is 47.1 Å². The van der Waals surface area contributed by atoms with E-state index in [1.54, 1.807) is 19.9 Å². The van der Waals surface area contributed by atoms with Crippen molar-refractivity contribution in [3.63, 3.8) is 0 Å². The third kappa shape index (κ3) is 4.12. The first kappa shape index (κ1) is 18.4. The maximum absolute atomic E-state index is 13.2. The van der Waals surface area contributed by atoms with Crippen molar-refractivity contribution < 1.29 is 13.9 Å². The maximum atomic E-state index is 13.2. The molecule has 6 heteroatoms. The van der Waals surface area contributed by atoms with Gasteiger partial charge >= 0.3 is 0 Å². The number of nitrogens with zero attached hydrogens (tertiary/aromatic N) is 1. The lowest BCUT2D eigenvalue weighted by molar-refractivity contribution is -0.134. The molecule has 4 nitrogen and oxygen atoms in total. The van der Waals surface area contributed by atoms with Gasteiger partial charge in [0.25, 0.3) is 0 Å². The summed E-state index contributed by atoms with van der Waals surface area (Å²) in [4.78, 5) is 16.2. The Kier molecular flexibility index (Phi) is 5.28. The van der Waals surface area contributed by atoms with Gasteiger partial charge in [-0.25, -0.2) is 4.98 Å². The molecule has 1 amide bonds. The molecule has 0 aliphatic rings. The van der Waals surface area contributed by atoms with E-state index in [1.165, 1.54) is 12.3 Å². The molecule has 0 unspecified atom stereocenters. The number of carbonyl (C=O) groups excluding carboxylic acids is 1. The molecule has 1 N–H and O–H groups in total. The summed E-state index contributed by atoms with van der Waals surface area (Å²) in [6.45, 7) is 7.27. The molecular formula is C18H20BrFN2O2. The molecule has 128 valence electrons. The number of ether oxygens (including phenoxy) is 1. The van der Waals surface area contributed by atoms with Gasteiger partial charge in [0.1, 0.15) is 11.4 Å². The van der Waals surface area contributed by atoms with Crippen LogP contribution >= 0.6 is 15.9 Å². The number of benzene rings is 1. The fourth-order valence-electron chi connectivity index (χ4n) is 1.99. The van der Waals surface area contributed by atoms with Crippen molar-refractivity contribution in [1.82, 2.24) is 4.98 Å². The van der Waals surface area contributed by atoms with E-state index in [0.717, 1.165) is 4.47 Å². The Morgan fingerprint density at radius 2 is 1.92 bits per heavy atom. The van der Waals surface area contributed by atoms with Gasteiger partial charge in [0.05, 0.1) is 5.41 Å². The van der Waals surface area contributed by atoms with Gasteiger partial charge in [0.15, 0.2) is 0 Å². The molecule has 0 saturated heterocycles. The van der Waals surface area contributed by atoms with Crippen LogP contribution in [0.3, 0.4) is 0 Å². The minimum Gasteiger partial charge on any atom is -0.487 e. The second-order valence-corrected chi connectivity index (χ2v) is 7.43. The summed E-state index contributed by atoms with van der Waals surface area (Å²) in [5.41, 5.74) is -1.32. The van der Waals surface area contributed by atoms with Gasteiger partial charge in [0, 0.05) is 22.4 Å². The highest BCUT2D eigenvalue weighted by Crippen LogP contribution is 2.36. The highest BCUT2D eigenvalue weighted by molar-refractivity contribution is 9.10. The molecular weight excluding hydrogens is 375 g/mol. The number of aromatic nitrogens is 1. The predicted molar refractivity (Wildman–Crippen MR) is 95.5 cm³/mol. The molecule has 2 rings (SSSR count). The van der Waals surface area contributed by atoms with E-state index in [4.69, 9.17) is 4.74 Å². The Balaban J connectivity index is 2.18. The van der Waals surface area contributed by atoms with Crippen LogP contribution in [0.25, 0.3) is 0 Å². The van der Waals surface area contributed by atoms with Crippen molar-refractivity contribution in [3.8, 4) is 5.75 Å². The summed E-state index contributed by atoms with van der Waals surface area (Å²) >= 11 is 3.40. The van der Waals surface area contributed by atoms with E-state index >= 15 is 0 Å². The molecule has 0 fully saturated rings. The quantitative estimate of drug-likeness (QED) is 0.740. The van der Waals surface area contributed by atoms with Crippen LogP contribution in [-0.2, 0) is 4.79 Å². The van der Waals surface area contributed by atoms with E-state index in [2.05, 4.69) is 26.2 Å². The highest BCUT2D eigenvalue weighted by atomic mass is 79.9. The Bertz CT molecular complexity index is 747. The van der Waals surface area contributed by atoms with Gasteiger partial charge in [-0.05, 0) is 52.0 Å². The highest BCUT2D eigenvalue weighted by Gasteiger charge is 2.45. The van der Waals surface area contributed by atoms with Crippen molar-refractivity contribution in [1.29, 1.82) is 0 Å². The van der Waals surface area contributed by atoms with E-state index in [9.17, 15) is 9.18 Å². The number of hydrogen-bond acceptors (Lipinski definition) is 3. The van der Waals surface area contributed by atoms with Crippen LogP contribution in [0.4, 0.5) is 10.1 Å². The maximum Gasteiger partial charge on any atom is 0.234 e. The van der Waals surface area contributed by atoms with Gasteiger partial charge in [0.2, 0.25) is 11.9 Å². The molecule has 2 aromatic rings. The van der Waals surface area contributed by atoms with Crippen molar-refractivity contribution in [3.05, 3.63) is 53.0 Å². The minimum absolute atomic E-state index is 0.270. The molecule has 1 aromatic carbocycles. The number of nitrogens with one attached hydrogen (secondary N) is 1. The summed E-state index contributed by atoms with van der Waals surface area (Å²) < 4.78 is 20.1. The third-order valence-corrected chi connectivity index (χ3v) is 4.72. The molecule has 24 heavy (non-hydrogen) atoms. The molecule has 1 heterocycles. The Hall–Kier alpha value is -1.95. The monoisotopic (exact) mass is 394 g/mol. The number of carbonyl (C=O) groups is 1. The minimum atomic E-state index is -0.880. The largest absolute Gasteiger partial charge is 0.487 e. The lowest BCUT2D eigenvalue weighted by Gasteiger charge is -2.40. The molecule has 0 radical (unpaired) electrons. The summed E-state index contributed by atoms with van der Waals surface area (Å²) in [5.74, 6) is -0.256. The van der Waals surface area contributed by atoms with Crippen LogP contribution in [0.1, 0.15) is 27.7 Å². The second kappa shape index (κ2) is 6.89. The van der Waals surface area contributed by atoms with E-state index < -0.39 is 17.0 Å². The Labute approximate surface area is 149 Å². The van der Waals surface area contributed by atoms with Gasteiger partial charge in [-0.2, -0.15) is 4.39 Å². The number of anilines is 1. The zero-order valence-electron chi connectivity index (χ0n) is 14.1. The smallest absolute Gasteiger partial charge is 0.234 e. The first-order valence-corrected chi connectivity index (χ1v) is 8.29. The van der Waals surface area contributed by atoms with Crippen LogP contribution in [-0.4, -0.2) is 16.5 Å². The average Bonchev–Trinajstić information content (AvgIpc) is 2.46. The van der Waals surface area contributed by atoms with Gasteiger partial charge in [-0.3, -0.25) is 4.79 Å². The fourth-order valence-corrected chi connectivity index (χ4v) is 2.37. The first-order chi connectivity index (χ1) is 11.1. The molecule has 0 atom stereocenters. The number of pyridine rings is 1. The zero-order chi connectivity index (χ0) is 18.0. The Morgan fingerprint density at radius 1 is 1.21 bits per heavy atom. The van der Waals surface area contributed by atoms with Crippen molar-refractivity contribution in [2.45, 2.75) is 33.3 Å². The molecule has 0 saturated carbocycles. The zero-order valence-corrected chi connectivity index (χ0v) is 15.6. The lowest BCUT2D eigenvalue weighted by Crippen LogP contribution is -2.51. The SMILES string of the molecule is CC(C)(Oc1cccc(Br)c1)C(C)(C)C(=O)Nc1ccnc(F)c1. The van der Waals surface area contributed by atoms with Crippen LogP contribution in [0, 0.1) is 11.4 Å². The van der Waals surface area contributed by atoms with Crippen LogP contribution < -0.4 is 10.1 Å². The van der Waals surface area contributed by atoms with Gasteiger partial charge < -0.3 is 10.1 Å². The number of amides is 1. The molecule has 0 bridgehead atoms. The van der Waals surface area contributed by atoms with Crippen molar-refractivity contribution in [2.24, 2.45) is 5.41 Å². The Morgan fingerprint density at radius 3 is 2.54 bits per heavy atom. The fraction of sp³-hybridized carbons (Fsp3) is 0.333. The molecule has 0 aliphatic carbocycles. The van der Waals surface area contributed by atoms with Gasteiger partial charge in [-0.1, -0.05) is 22.0 Å². The first-order valence-electron chi connectivity index (χ1n) is 7.49. The average molecular weight is 395 g/mol. The second-order valence-electron chi connectivity index (χ2n) is 6.52. The number of rotatable bonds is 5. The van der Waals surface area contributed by atoms with E-state index in [1.807, 2.05) is 38.1 Å². The summed E-state index contributed by atoms with van der Waals surface area (Å²) in [7, 11) is 0. The van der Waals surface area contributed by atoms with Crippen molar-refractivity contribution >= 4 is 27.5 Å². The molecule has 1 aromatic heterocycles. The summed E-state index contributed by atoms with van der Waals surface area (Å²) in [6, 6.07) is 10.2. The van der Waals surface area contributed by atoms with Crippen LogP contribution in [0.5, 0.6) is 5.75 Å². The van der Waals surface area contributed by atoms with E-state index in [-0.39, 0.29) is 5.91 Å². The third-order valence-electron chi connectivity index (χ3n) is 4.23. The molecule has 0 spiro atoms. The van der Waals surface area contributed by atoms with Gasteiger partial charge in [-0.15, -0.1) is 0 Å². The summed E-state index contributed by atoms with van der Waals surface area (Å²) in [6.07, 6.45) is 1.31. The standard InChI is InChI=1S/C18H20BrFN2O2/c1-17(2,16(23)22-13-8-9-21-15(20)11-13)18(3,4)24-14-7-5-6-12(19)10-14/h5-11H,1-4H3,(H,21,22,23). The molecule has 0 aliphatic heterocycles.